The van der Waals surface area contributed by atoms with Gasteiger partial charge in [-0.15, -0.1) is 0 Å². The van der Waals surface area contributed by atoms with Crippen molar-refractivity contribution in [3.63, 3.8) is 0 Å². The summed E-state index contributed by atoms with van der Waals surface area (Å²) in [6, 6.07) is -0.997. The van der Waals surface area contributed by atoms with E-state index in [0.29, 0.717) is 5.57 Å². The Morgan fingerprint density at radius 1 is 1.64 bits per heavy atom. The highest BCUT2D eigenvalue weighted by Crippen LogP contribution is 2.23. The molecule has 5 nitrogen and oxygen atoms in total. The lowest BCUT2D eigenvalue weighted by molar-refractivity contribution is -0.139. The SMILES string of the molecule is N[C@@H](CC1=CC=CC(O)(O)C1)C(=O)O. The molecule has 5 heteroatoms. The van der Waals surface area contributed by atoms with Crippen molar-refractivity contribution in [3.05, 3.63) is 23.8 Å². The molecule has 0 heterocycles. The van der Waals surface area contributed by atoms with Crippen LogP contribution in [0.1, 0.15) is 12.8 Å². The molecule has 0 bridgehead atoms. The fourth-order valence-corrected chi connectivity index (χ4v) is 1.30. The Hall–Kier alpha value is -1.17. The molecule has 0 saturated heterocycles. The van der Waals surface area contributed by atoms with Gasteiger partial charge in [0.1, 0.15) is 6.04 Å². The Labute approximate surface area is 81.2 Å². The van der Waals surface area contributed by atoms with E-state index in [4.69, 9.17) is 10.8 Å². The minimum Gasteiger partial charge on any atom is -0.480 e. The van der Waals surface area contributed by atoms with Crippen molar-refractivity contribution in [2.24, 2.45) is 5.73 Å². The third kappa shape index (κ3) is 2.95. The smallest absolute Gasteiger partial charge is 0.320 e. The molecule has 5 N–H and O–H groups in total. The minimum absolute atomic E-state index is 0.00444. The first-order valence-corrected chi connectivity index (χ1v) is 4.21. The number of nitrogens with two attached hydrogens (primary N) is 1. The third-order valence-corrected chi connectivity index (χ3v) is 1.98. The first-order valence-electron chi connectivity index (χ1n) is 4.21. The molecule has 1 aliphatic rings. The summed E-state index contributed by atoms with van der Waals surface area (Å²) in [5, 5.41) is 27.0. The Bertz CT molecular complexity index is 293. The predicted molar refractivity (Wildman–Crippen MR) is 49.2 cm³/mol. The van der Waals surface area contributed by atoms with E-state index in [1.165, 1.54) is 12.2 Å². The molecule has 0 aromatic rings. The van der Waals surface area contributed by atoms with Crippen molar-refractivity contribution in [2.75, 3.05) is 0 Å². The van der Waals surface area contributed by atoms with Crippen molar-refractivity contribution in [1.29, 1.82) is 0 Å². The zero-order chi connectivity index (χ0) is 10.8. The van der Waals surface area contributed by atoms with Crippen LogP contribution in [0.5, 0.6) is 0 Å². The average molecular weight is 199 g/mol. The fraction of sp³-hybridized carbons (Fsp3) is 0.444. The topological polar surface area (TPSA) is 104 Å². The number of aliphatic hydroxyl groups is 2. The number of rotatable bonds is 3. The van der Waals surface area contributed by atoms with Gasteiger partial charge in [0.2, 0.25) is 0 Å². The zero-order valence-electron chi connectivity index (χ0n) is 7.55. The number of hydrogen-bond acceptors (Lipinski definition) is 4. The van der Waals surface area contributed by atoms with Crippen LogP contribution in [0.15, 0.2) is 23.8 Å². The lowest BCUT2D eigenvalue weighted by Gasteiger charge is -2.23. The van der Waals surface area contributed by atoms with Crippen molar-refractivity contribution in [3.8, 4) is 0 Å². The normalized spacial score (nSPS) is 21.5. The van der Waals surface area contributed by atoms with E-state index in [0.717, 1.165) is 0 Å². The van der Waals surface area contributed by atoms with Crippen molar-refractivity contribution >= 4 is 5.97 Å². The molecule has 1 rings (SSSR count). The number of hydrogen-bond donors (Lipinski definition) is 4. The molecule has 0 spiro atoms. The fourth-order valence-electron chi connectivity index (χ4n) is 1.30. The summed E-state index contributed by atoms with van der Waals surface area (Å²) in [5.74, 6) is -2.97. The molecule has 0 aromatic carbocycles. The van der Waals surface area contributed by atoms with Gasteiger partial charge in [0.05, 0.1) is 0 Å². The molecule has 0 aliphatic heterocycles. The number of aliphatic carboxylic acids is 1. The molecular formula is C9H13NO4. The second-order valence-electron chi connectivity index (χ2n) is 3.39. The van der Waals surface area contributed by atoms with Gasteiger partial charge in [-0.3, -0.25) is 4.79 Å². The maximum atomic E-state index is 10.4. The summed E-state index contributed by atoms with van der Waals surface area (Å²) in [4.78, 5) is 10.4. The van der Waals surface area contributed by atoms with E-state index in [-0.39, 0.29) is 12.8 Å². The minimum atomic E-state index is -1.87. The van der Waals surface area contributed by atoms with Crippen LogP contribution in [0.3, 0.4) is 0 Å². The van der Waals surface area contributed by atoms with Crippen LogP contribution in [-0.4, -0.2) is 33.1 Å². The number of carboxylic acids is 1. The summed E-state index contributed by atoms with van der Waals surface area (Å²) < 4.78 is 0. The Kier molecular flexibility index (Phi) is 3.05. The van der Waals surface area contributed by atoms with E-state index in [9.17, 15) is 15.0 Å². The van der Waals surface area contributed by atoms with Gasteiger partial charge in [-0.2, -0.15) is 0 Å². The highest BCUT2D eigenvalue weighted by atomic mass is 16.5. The van der Waals surface area contributed by atoms with Crippen LogP contribution in [0.4, 0.5) is 0 Å². The molecule has 1 atom stereocenters. The van der Waals surface area contributed by atoms with E-state index in [1.807, 2.05) is 0 Å². The Morgan fingerprint density at radius 3 is 2.79 bits per heavy atom. The van der Waals surface area contributed by atoms with Crippen LogP contribution in [0, 0.1) is 0 Å². The Balaban J connectivity index is 2.59. The second-order valence-corrected chi connectivity index (χ2v) is 3.39. The summed E-state index contributed by atoms with van der Waals surface area (Å²) in [6.45, 7) is 0. The van der Waals surface area contributed by atoms with Crippen LogP contribution < -0.4 is 5.73 Å². The zero-order valence-corrected chi connectivity index (χ0v) is 7.55. The molecule has 0 unspecified atom stereocenters. The largest absolute Gasteiger partial charge is 0.480 e. The monoisotopic (exact) mass is 199 g/mol. The molecule has 14 heavy (non-hydrogen) atoms. The summed E-state index contributed by atoms with van der Waals surface area (Å²) >= 11 is 0. The lowest BCUT2D eigenvalue weighted by Crippen LogP contribution is -2.33. The van der Waals surface area contributed by atoms with Crippen molar-refractivity contribution in [2.45, 2.75) is 24.7 Å². The van der Waals surface area contributed by atoms with E-state index in [1.54, 1.807) is 6.08 Å². The van der Waals surface area contributed by atoms with Gasteiger partial charge >= 0.3 is 5.97 Å². The van der Waals surface area contributed by atoms with Crippen LogP contribution >= 0.6 is 0 Å². The summed E-state index contributed by atoms with van der Waals surface area (Å²) in [7, 11) is 0. The molecular weight excluding hydrogens is 186 g/mol. The van der Waals surface area contributed by atoms with Crippen LogP contribution in [0.25, 0.3) is 0 Å². The maximum absolute atomic E-state index is 10.4. The van der Waals surface area contributed by atoms with Crippen molar-refractivity contribution in [1.82, 2.24) is 0 Å². The molecule has 0 radical (unpaired) electrons. The molecule has 0 saturated carbocycles. The average Bonchev–Trinajstić information content (AvgIpc) is 2.01. The quantitative estimate of drug-likeness (QED) is 0.452. The third-order valence-electron chi connectivity index (χ3n) is 1.98. The predicted octanol–water partition coefficient (Wildman–Crippen LogP) is -0.644. The van der Waals surface area contributed by atoms with Gasteiger partial charge in [-0.05, 0) is 12.5 Å². The second kappa shape index (κ2) is 3.91. The van der Waals surface area contributed by atoms with Crippen LogP contribution in [-0.2, 0) is 4.79 Å². The molecule has 0 amide bonds. The van der Waals surface area contributed by atoms with Gasteiger partial charge in [0.15, 0.2) is 5.79 Å². The molecule has 0 fully saturated rings. The molecule has 1 aliphatic carbocycles. The number of carboxylic acid groups (broad SMARTS) is 1. The standard InChI is InChI=1S/C9H13NO4/c10-7(8(11)12)4-6-2-1-3-9(13,14)5-6/h1-3,7,13-14H,4-5,10H2,(H,11,12)/t7-/m0/s1. The first kappa shape index (κ1) is 10.9. The van der Waals surface area contributed by atoms with E-state index in [2.05, 4.69) is 0 Å². The first-order chi connectivity index (χ1) is 6.41. The highest BCUT2D eigenvalue weighted by Gasteiger charge is 2.25. The molecule has 78 valence electrons. The summed E-state index contributed by atoms with van der Waals surface area (Å²) in [5.41, 5.74) is 5.93. The highest BCUT2D eigenvalue weighted by molar-refractivity contribution is 5.73. The summed E-state index contributed by atoms with van der Waals surface area (Å²) in [6.07, 6.45) is 4.50. The van der Waals surface area contributed by atoms with Gasteiger partial charge < -0.3 is 21.1 Å². The number of allylic oxidation sites excluding steroid dienone is 2. The van der Waals surface area contributed by atoms with Gasteiger partial charge in [0.25, 0.3) is 0 Å². The number of carbonyl (C=O) groups is 1. The van der Waals surface area contributed by atoms with Crippen molar-refractivity contribution < 1.29 is 20.1 Å². The Morgan fingerprint density at radius 2 is 2.29 bits per heavy atom. The van der Waals surface area contributed by atoms with Gasteiger partial charge in [-0.25, -0.2) is 0 Å². The van der Waals surface area contributed by atoms with Gasteiger partial charge in [-0.1, -0.05) is 17.7 Å². The van der Waals surface area contributed by atoms with Gasteiger partial charge in [0, 0.05) is 6.42 Å². The molecule has 0 aromatic heterocycles. The van der Waals surface area contributed by atoms with E-state index < -0.39 is 17.8 Å². The lowest BCUT2D eigenvalue weighted by atomic mass is 9.94. The maximum Gasteiger partial charge on any atom is 0.320 e. The van der Waals surface area contributed by atoms with E-state index >= 15 is 0 Å². The van der Waals surface area contributed by atoms with Crippen LogP contribution in [0.2, 0.25) is 0 Å².